The molecule has 0 saturated carbocycles. The summed E-state index contributed by atoms with van der Waals surface area (Å²) in [5, 5.41) is 13.4. The minimum Gasteiger partial charge on any atom is -0.396 e. The van der Waals surface area contributed by atoms with Crippen molar-refractivity contribution in [3.63, 3.8) is 0 Å². The minimum absolute atomic E-state index is 0.288. The summed E-state index contributed by atoms with van der Waals surface area (Å²) in [6, 6.07) is 0. The second-order valence-electron chi connectivity index (χ2n) is 5.11. The van der Waals surface area contributed by atoms with E-state index in [0.29, 0.717) is 11.7 Å². The molecule has 2 aromatic heterocycles. The summed E-state index contributed by atoms with van der Waals surface area (Å²) in [6.45, 7) is 4.18. The standard InChI is InChI=1S/C13H18N4OS2/c1-8-15-10(7-19-8)11-12(14)16-20-13(11)17-4-2-9(6-18)3-5-17/h7,9,18H,2-6H2,1H3,(H2,14,16). The second-order valence-corrected chi connectivity index (χ2v) is 6.93. The summed E-state index contributed by atoms with van der Waals surface area (Å²) in [4.78, 5) is 6.86. The molecule has 0 atom stereocenters. The number of nitrogens with two attached hydrogens (primary N) is 1. The van der Waals surface area contributed by atoms with E-state index in [1.807, 2.05) is 12.3 Å². The van der Waals surface area contributed by atoms with E-state index in [4.69, 9.17) is 5.73 Å². The van der Waals surface area contributed by atoms with Crippen molar-refractivity contribution in [2.45, 2.75) is 19.8 Å². The van der Waals surface area contributed by atoms with Crippen molar-refractivity contribution < 1.29 is 5.11 Å². The minimum atomic E-state index is 0.288. The van der Waals surface area contributed by atoms with Gasteiger partial charge in [0.05, 0.1) is 16.3 Å². The molecule has 0 radical (unpaired) electrons. The predicted octanol–water partition coefficient (Wildman–Crippen LogP) is 2.37. The Morgan fingerprint density at radius 1 is 1.45 bits per heavy atom. The lowest BCUT2D eigenvalue weighted by Crippen LogP contribution is -2.34. The van der Waals surface area contributed by atoms with Crippen molar-refractivity contribution in [2.75, 3.05) is 30.3 Å². The molecular weight excluding hydrogens is 292 g/mol. The molecule has 0 aliphatic carbocycles. The van der Waals surface area contributed by atoms with Gasteiger partial charge in [0.15, 0.2) is 0 Å². The van der Waals surface area contributed by atoms with Gasteiger partial charge in [0.2, 0.25) is 0 Å². The molecule has 3 rings (SSSR count). The largest absolute Gasteiger partial charge is 0.396 e. The van der Waals surface area contributed by atoms with Crippen LogP contribution in [0, 0.1) is 12.8 Å². The molecule has 5 nitrogen and oxygen atoms in total. The Bertz CT molecular complexity index is 587. The van der Waals surface area contributed by atoms with Gasteiger partial charge in [0.25, 0.3) is 0 Å². The van der Waals surface area contributed by atoms with Crippen molar-refractivity contribution in [1.29, 1.82) is 0 Å². The van der Waals surface area contributed by atoms with Crippen LogP contribution in [-0.2, 0) is 0 Å². The molecular formula is C13H18N4OS2. The highest BCUT2D eigenvalue weighted by Crippen LogP contribution is 2.40. The Hall–Kier alpha value is -1.18. The van der Waals surface area contributed by atoms with Gasteiger partial charge in [-0.05, 0) is 37.2 Å². The molecule has 1 aliphatic rings. The van der Waals surface area contributed by atoms with E-state index < -0.39 is 0 Å². The Balaban J connectivity index is 1.88. The van der Waals surface area contributed by atoms with Crippen molar-refractivity contribution in [3.05, 3.63) is 10.4 Å². The number of aliphatic hydroxyl groups excluding tert-OH is 1. The van der Waals surface area contributed by atoms with E-state index >= 15 is 0 Å². The number of rotatable bonds is 3. The molecule has 0 unspecified atom stereocenters. The number of anilines is 2. The number of hydrogen-bond donors (Lipinski definition) is 2. The summed E-state index contributed by atoms with van der Waals surface area (Å²) in [7, 11) is 0. The fourth-order valence-corrected chi connectivity index (χ4v) is 4.03. The van der Waals surface area contributed by atoms with Crippen molar-refractivity contribution >= 4 is 33.7 Å². The van der Waals surface area contributed by atoms with Crippen LogP contribution in [0.4, 0.5) is 10.8 Å². The highest BCUT2D eigenvalue weighted by atomic mass is 32.1. The Morgan fingerprint density at radius 2 is 2.20 bits per heavy atom. The molecule has 0 aromatic carbocycles. The maximum Gasteiger partial charge on any atom is 0.148 e. The molecule has 3 N–H and O–H groups in total. The highest BCUT2D eigenvalue weighted by Gasteiger charge is 2.25. The number of aromatic nitrogens is 2. The second kappa shape index (κ2) is 5.67. The van der Waals surface area contributed by atoms with Crippen molar-refractivity contribution in [1.82, 2.24) is 9.36 Å². The summed E-state index contributed by atoms with van der Waals surface area (Å²) in [5.74, 6) is 1.00. The molecule has 1 saturated heterocycles. The van der Waals surface area contributed by atoms with Gasteiger partial charge < -0.3 is 15.7 Å². The van der Waals surface area contributed by atoms with Gasteiger partial charge in [-0.25, -0.2) is 4.98 Å². The lowest BCUT2D eigenvalue weighted by atomic mass is 9.98. The summed E-state index contributed by atoms with van der Waals surface area (Å²) >= 11 is 3.08. The number of hydrogen-bond acceptors (Lipinski definition) is 7. The molecule has 2 aromatic rings. The van der Waals surface area contributed by atoms with Crippen molar-refractivity contribution in [2.24, 2.45) is 5.92 Å². The molecule has 0 bridgehead atoms. The Labute approximate surface area is 126 Å². The fraction of sp³-hybridized carbons (Fsp3) is 0.538. The van der Waals surface area contributed by atoms with Gasteiger partial charge in [-0.15, -0.1) is 11.3 Å². The molecule has 1 aliphatic heterocycles. The van der Waals surface area contributed by atoms with Crippen LogP contribution < -0.4 is 10.6 Å². The normalized spacial score (nSPS) is 16.8. The summed E-state index contributed by atoms with van der Waals surface area (Å²) < 4.78 is 4.31. The molecule has 0 amide bonds. The Morgan fingerprint density at radius 3 is 2.80 bits per heavy atom. The third kappa shape index (κ3) is 2.53. The topological polar surface area (TPSA) is 75.3 Å². The highest BCUT2D eigenvalue weighted by molar-refractivity contribution is 7.11. The van der Waals surface area contributed by atoms with Gasteiger partial charge in [-0.2, -0.15) is 4.37 Å². The Kier molecular flexibility index (Phi) is 3.91. The van der Waals surface area contributed by atoms with E-state index in [2.05, 4.69) is 14.3 Å². The first kappa shape index (κ1) is 13.8. The van der Waals surface area contributed by atoms with Crippen molar-refractivity contribution in [3.8, 4) is 11.3 Å². The smallest absolute Gasteiger partial charge is 0.148 e. The van der Waals surface area contributed by atoms with Gasteiger partial charge >= 0.3 is 0 Å². The first-order valence-electron chi connectivity index (χ1n) is 6.72. The number of thiazole rings is 1. The van der Waals surface area contributed by atoms with E-state index in [1.54, 1.807) is 11.3 Å². The lowest BCUT2D eigenvalue weighted by Gasteiger charge is -2.32. The average Bonchev–Trinajstić information content (AvgIpc) is 3.05. The van der Waals surface area contributed by atoms with Crippen LogP contribution in [-0.4, -0.2) is 34.2 Å². The average molecular weight is 310 g/mol. The number of piperidine rings is 1. The molecule has 3 heterocycles. The number of nitrogens with zero attached hydrogens (tertiary/aromatic N) is 3. The zero-order valence-corrected chi connectivity index (χ0v) is 13.0. The van der Waals surface area contributed by atoms with Gasteiger partial charge in [0.1, 0.15) is 10.8 Å². The molecule has 20 heavy (non-hydrogen) atoms. The van der Waals surface area contributed by atoms with Crippen LogP contribution in [0.5, 0.6) is 0 Å². The zero-order chi connectivity index (χ0) is 14.1. The number of aliphatic hydroxyl groups is 1. The van der Waals surface area contributed by atoms with Crippen LogP contribution in [0.25, 0.3) is 11.3 Å². The fourth-order valence-electron chi connectivity index (χ4n) is 2.55. The van der Waals surface area contributed by atoms with Gasteiger partial charge in [-0.3, -0.25) is 0 Å². The monoisotopic (exact) mass is 310 g/mol. The van der Waals surface area contributed by atoms with E-state index in [0.717, 1.165) is 47.2 Å². The molecule has 1 fully saturated rings. The predicted molar refractivity (Wildman–Crippen MR) is 84.4 cm³/mol. The number of aryl methyl sites for hydroxylation is 1. The number of nitrogen functional groups attached to an aromatic ring is 1. The molecule has 7 heteroatoms. The lowest BCUT2D eigenvalue weighted by molar-refractivity contribution is 0.203. The van der Waals surface area contributed by atoms with E-state index in [9.17, 15) is 5.11 Å². The SMILES string of the molecule is Cc1nc(-c2c(N)nsc2N2CCC(CO)CC2)cs1. The van der Waals surface area contributed by atoms with Gasteiger partial charge in [-0.1, -0.05) is 0 Å². The molecule has 0 spiro atoms. The van der Waals surface area contributed by atoms with Crippen LogP contribution in [0.15, 0.2) is 5.38 Å². The zero-order valence-electron chi connectivity index (χ0n) is 11.4. The third-order valence-electron chi connectivity index (χ3n) is 3.74. The third-order valence-corrected chi connectivity index (χ3v) is 5.43. The first-order chi connectivity index (χ1) is 9.69. The van der Waals surface area contributed by atoms with E-state index in [-0.39, 0.29) is 6.61 Å². The van der Waals surface area contributed by atoms with Crippen LogP contribution >= 0.6 is 22.9 Å². The van der Waals surface area contributed by atoms with Crippen LogP contribution in [0.1, 0.15) is 17.8 Å². The van der Waals surface area contributed by atoms with Crippen LogP contribution in [0.2, 0.25) is 0 Å². The summed E-state index contributed by atoms with van der Waals surface area (Å²) in [5.41, 5.74) is 7.94. The van der Waals surface area contributed by atoms with Gasteiger partial charge in [0, 0.05) is 25.1 Å². The first-order valence-corrected chi connectivity index (χ1v) is 8.37. The maximum absolute atomic E-state index is 9.23. The van der Waals surface area contributed by atoms with E-state index in [1.165, 1.54) is 11.5 Å². The quantitative estimate of drug-likeness (QED) is 0.910. The molecule has 108 valence electrons. The van der Waals surface area contributed by atoms with Crippen LogP contribution in [0.3, 0.4) is 0 Å². The summed E-state index contributed by atoms with van der Waals surface area (Å²) in [6.07, 6.45) is 2.04. The maximum atomic E-state index is 9.23.